The summed E-state index contributed by atoms with van der Waals surface area (Å²) in [7, 11) is 0. The van der Waals surface area contributed by atoms with Gasteiger partial charge in [-0.15, -0.1) is 0 Å². The molecule has 0 rings (SSSR count). The van der Waals surface area contributed by atoms with Crippen molar-refractivity contribution in [1.82, 2.24) is 5.32 Å². The Morgan fingerprint density at radius 3 is 1.31 bits per heavy atom. The SMILES string of the molecule is CCC/C=C/C=C/C=C/C=C/C=C/CCCCCC(CC(=O)NC(CO)C(O)CCCCCCCCCCCCCCCC)OC(=O)CCCCCCC/C=C/CCCCCCCCC. The minimum absolute atomic E-state index is 0.0444. The number of carbonyl (C=O) groups is 2. The van der Waals surface area contributed by atoms with Crippen LogP contribution in [0, 0.1) is 0 Å². The molecule has 3 N–H and O–H groups in total. The fourth-order valence-corrected chi connectivity index (χ4v) is 8.16. The summed E-state index contributed by atoms with van der Waals surface area (Å²) in [5, 5.41) is 23.8. The van der Waals surface area contributed by atoms with Crippen LogP contribution in [-0.2, 0) is 14.3 Å². The highest BCUT2D eigenvalue weighted by atomic mass is 16.5. The van der Waals surface area contributed by atoms with Crippen molar-refractivity contribution in [2.24, 2.45) is 0 Å². The first-order valence-electron chi connectivity index (χ1n) is 27.7. The van der Waals surface area contributed by atoms with Crippen molar-refractivity contribution in [3.63, 3.8) is 0 Å². The lowest BCUT2D eigenvalue weighted by atomic mass is 10.0. The van der Waals surface area contributed by atoms with E-state index in [1.165, 1.54) is 141 Å². The molecule has 0 aromatic carbocycles. The summed E-state index contributed by atoms with van der Waals surface area (Å²) in [4.78, 5) is 26.2. The van der Waals surface area contributed by atoms with Crippen LogP contribution < -0.4 is 5.32 Å². The number of rotatable bonds is 49. The van der Waals surface area contributed by atoms with E-state index in [0.29, 0.717) is 19.3 Å². The van der Waals surface area contributed by atoms with Crippen LogP contribution in [0.1, 0.15) is 265 Å². The van der Waals surface area contributed by atoms with Crippen LogP contribution in [0.4, 0.5) is 0 Å². The number of hydrogen-bond donors (Lipinski definition) is 3. The van der Waals surface area contributed by atoms with Gasteiger partial charge < -0.3 is 20.3 Å². The molecule has 0 aliphatic rings. The molecule has 0 bridgehead atoms. The quantitative estimate of drug-likeness (QED) is 0.0245. The summed E-state index contributed by atoms with van der Waals surface area (Å²) in [5.41, 5.74) is 0. The van der Waals surface area contributed by atoms with Crippen LogP contribution in [-0.4, -0.2) is 46.9 Å². The largest absolute Gasteiger partial charge is 0.462 e. The molecule has 0 aliphatic carbocycles. The van der Waals surface area contributed by atoms with Gasteiger partial charge in [0.15, 0.2) is 0 Å². The molecule has 0 spiro atoms. The molecule has 376 valence electrons. The maximum atomic E-state index is 13.2. The Bertz CT molecular complexity index is 1200. The topological polar surface area (TPSA) is 95.9 Å². The number of nitrogens with one attached hydrogen (secondary N) is 1. The van der Waals surface area contributed by atoms with E-state index >= 15 is 0 Å². The predicted octanol–water partition coefficient (Wildman–Crippen LogP) is 17.0. The lowest BCUT2D eigenvalue weighted by molar-refractivity contribution is -0.151. The number of aliphatic hydroxyl groups excluding tert-OH is 2. The van der Waals surface area contributed by atoms with Gasteiger partial charge in [0.25, 0.3) is 0 Å². The lowest BCUT2D eigenvalue weighted by Crippen LogP contribution is -2.46. The summed E-state index contributed by atoms with van der Waals surface area (Å²) in [6.07, 6.45) is 66.7. The van der Waals surface area contributed by atoms with E-state index in [2.05, 4.69) is 62.5 Å². The van der Waals surface area contributed by atoms with E-state index in [1.54, 1.807) is 0 Å². The Morgan fingerprint density at radius 2 is 0.831 bits per heavy atom. The normalized spacial score (nSPS) is 13.7. The van der Waals surface area contributed by atoms with Gasteiger partial charge in [0.2, 0.25) is 5.91 Å². The molecule has 0 aliphatic heterocycles. The van der Waals surface area contributed by atoms with E-state index in [1.807, 2.05) is 36.5 Å². The van der Waals surface area contributed by atoms with Crippen LogP contribution in [0.5, 0.6) is 0 Å². The van der Waals surface area contributed by atoms with Gasteiger partial charge in [-0.1, -0.05) is 254 Å². The van der Waals surface area contributed by atoms with Gasteiger partial charge in [-0.3, -0.25) is 9.59 Å². The van der Waals surface area contributed by atoms with Gasteiger partial charge in [0.05, 0.1) is 25.2 Å². The van der Waals surface area contributed by atoms with Gasteiger partial charge in [0, 0.05) is 6.42 Å². The Kier molecular flexibility index (Phi) is 50.1. The molecule has 0 saturated carbocycles. The van der Waals surface area contributed by atoms with Gasteiger partial charge >= 0.3 is 5.97 Å². The summed E-state index contributed by atoms with van der Waals surface area (Å²) in [5.74, 6) is -0.523. The molecule has 65 heavy (non-hydrogen) atoms. The second-order valence-electron chi connectivity index (χ2n) is 18.8. The molecule has 0 saturated heterocycles. The molecular formula is C59H105NO5. The first-order chi connectivity index (χ1) is 32.0. The van der Waals surface area contributed by atoms with Crippen molar-refractivity contribution in [1.29, 1.82) is 0 Å². The number of unbranched alkanes of at least 4 members (excludes halogenated alkanes) is 29. The van der Waals surface area contributed by atoms with E-state index in [-0.39, 0.29) is 24.9 Å². The highest BCUT2D eigenvalue weighted by Gasteiger charge is 2.24. The fraction of sp³-hybridized carbons (Fsp3) is 0.763. The van der Waals surface area contributed by atoms with Crippen LogP contribution in [0.15, 0.2) is 72.9 Å². The second kappa shape index (κ2) is 52.3. The van der Waals surface area contributed by atoms with Crippen molar-refractivity contribution in [2.75, 3.05) is 6.61 Å². The number of ether oxygens (including phenoxy) is 1. The lowest BCUT2D eigenvalue weighted by Gasteiger charge is -2.24. The van der Waals surface area contributed by atoms with E-state index in [4.69, 9.17) is 4.74 Å². The molecule has 0 fully saturated rings. The molecule has 0 aromatic rings. The highest BCUT2D eigenvalue weighted by Crippen LogP contribution is 2.18. The predicted molar refractivity (Wildman–Crippen MR) is 282 cm³/mol. The number of hydrogen-bond acceptors (Lipinski definition) is 5. The van der Waals surface area contributed by atoms with Crippen LogP contribution in [0.2, 0.25) is 0 Å². The first-order valence-corrected chi connectivity index (χ1v) is 27.7. The minimum Gasteiger partial charge on any atom is -0.462 e. The highest BCUT2D eigenvalue weighted by molar-refractivity contribution is 5.77. The van der Waals surface area contributed by atoms with Gasteiger partial charge in [-0.25, -0.2) is 0 Å². The van der Waals surface area contributed by atoms with Crippen LogP contribution >= 0.6 is 0 Å². The van der Waals surface area contributed by atoms with E-state index < -0.39 is 18.2 Å². The molecule has 6 nitrogen and oxygen atoms in total. The van der Waals surface area contributed by atoms with Crippen molar-refractivity contribution in [3.05, 3.63) is 72.9 Å². The van der Waals surface area contributed by atoms with Crippen LogP contribution in [0.25, 0.3) is 0 Å². The molecule has 0 heterocycles. The zero-order chi connectivity index (χ0) is 47.4. The Hall–Kier alpha value is -2.70. The average molecular weight is 908 g/mol. The number of esters is 1. The van der Waals surface area contributed by atoms with Gasteiger partial charge in [-0.05, 0) is 70.6 Å². The Labute approximate surface area is 402 Å². The fourth-order valence-electron chi connectivity index (χ4n) is 8.16. The maximum Gasteiger partial charge on any atom is 0.306 e. The van der Waals surface area contributed by atoms with E-state index in [0.717, 1.165) is 77.0 Å². The maximum absolute atomic E-state index is 13.2. The van der Waals surface area contributed by atoms with Crippen molar-refractivity contribution in [3.8, 4) is 0 Å². The molecule has 6 heteroatoms. The monoisotopic (exact) mass is 908 g/mol. The molecular weight excluding hydrogens is 803 g/mol. The third-order valence-corrected chi connectivity index (χ3v) is 12.4. The molecule has 3 unspecified atom stereocenters. The number of allylic oxidation sites excluding steroid dienone is 12. The summed E-state index contributed by atoms with van der Waals surface area (Å²) in [6.45, 7) is 6.39. The standard InChI is InChI=1S/C59H105NO5/c1-4-7-10-13-16-19-22-25-28-30-32-35-38-41-44-47-50-55(65-59(64)52-49-46-43-40-37-34-31-29-26-23-20-17-14-11-8-5-2)53-58(63)60-56(54-61)57(62)51-48-45-42-39-36-33-27-24-21-18-15-12-9-6-3/h10,13,16,19,22,25,28-32,35,55-57,61-62H,4-9,11-12,14-15,17-18,20-21,23-24,26-27,33-34,36-54H2,1-3H3,(H,60,63)/b13-10+,19-16+,25-22+,30-28+,31-29+,35-32+. The van der Waals surface area contributed by atoms with E-state index in [9.17, 15) is 19.8 Å². The average Bonchev–Trinajstić information content (AvgIpc) is 3.30. The molecule has 3 atom stereocenters. The van der Waals surface area contributed by atoms with Crippen molar-refractivity contribution < 1.29 is 24.5 Å². The Morgan fingerprint density at radius 1 is 0.446 bits per heavy atom. The third kappa shape index (κ3) is 47.6. The van der Waals surface area contributed by atoms with Crippen molar-refractivity contribution >= 4 is 11.9 Å². The smallest absolute Gasteiger partial charge is 0.306 e. The zero-order valence-electron chi connectivity index (χ0n) is 42.9. The van der Waals surface area contributed by atoms with Crippen LogP contribution in [0.3, 0.4) is 0 Å². The summed E-state index contributed by atoms with van der Waals surface area (Å²) in [6, 6.07) is -0.720. The Balaban J connectivity index is 4.68. The zero-order valence-corrected chi connectivity index (χ0v) is 42.9. The van der Waals surface area contributed by atoms with Crippen molar-refractivity contribution in [2.45, 2.75) is 283 Å². The first kappa shape index (κ1) is 62.3. The number of amides is 1. The van der Waals surface area contributed by atoms with Gasteiger partial charge in [0.1, 0.15) is 6.10 Å². The number of carbonyl (C=O) groups excluding carboxylic acids is 2. The summed E-state index contributed by atoms with van der Waals surface area (Å²) >= 11 is 0. The molecule has 0 radical (unpaired) electrons. The molecule has 0 aromatic heterocycles. The summed E-state index contributed by atoms with van der Waals surface area (Å²) < 4.78 is 5.93. The number of aliphatic hydroxyl groups is 2. The van der Waals surface area contributed by atoms with Gasteiger partial charge in [-0.2, -0.15) is 0 Å². The third-order valence-electron chi connectivity index (χ3n) is 12.4. The molecule has 1 amide bonds. The minimum atomic E-state index is -0.804. The second-order valence-corrected chi connectivity index (χ2v) is 18.8.